The number of anilines is 2. The first-order valence-corrected chi connectivity index (χ1v) is 13.2. The molecular weight excluding hydrogens is 632 g/mol. The molecule has 0 aliphatic carbocycles. The van der Waals surface area contributed by atoms with Crippen molar-refractivity contribution in [1.29, 1.82) is 0 Å². The van der Waals surface area contributed by atoms with E-state index in [4.69, 9.17) is 27.9 Å². The first-order chi connectivity index (χ1) is 21.0. The van der Waals surface area contributed by atoms with Crippen LogP contribution in [-0.2, 0) is 11.0 Å². The van der Waals surface area contributed by atoms with Gasteiger partial charge in [-0.2, -0.15) is 26.3 Å². The number of amides is 1. The van der Waals surface area contributed by atoms with Crippen LogP contribution in [0.25, 0.3) is 22.2 Å². The summed E-state index contributed by atoms with van der Waals surface area (Å²) in [6, 6.07) is 8.01. The molecule has 1 amide bonds. The fourth-order valence-electron chi connectivity index (χ4n) is 4.35. The van der Waals surface area contributed by atoms with E-state index in [1.54, 1.807) is 6.92 Å². The van der Waals surface area contributed by atoms with Gasteiger partial charge in [-0.05, 0) is 42.8 Å². The van der Waals surface area contributed by atoms with E-state index >= 15 is 0 Å². The molecule has 2 heterocycles. The highest BCUT2D eigenvalue weighted by molar-refractivity contribution is 6.31. The molecule has 0 saturated carbocycles. The van der Waals surface area contributed by atoms with Crippen LogP contribution >= 0.6 is 11.6 Å². The van der Waals surface area contributed by atoms with Gasteiger partial charge in [-0.1, -0.05) is 18.5 Å². The van der Waals surface area contributed by atoms with Crippen LogP contribution in [-0.4, -0.2) is 33.7 Å². The van der Waals surface area contributed by atoms with Gasteiger partial charge in [-0.25, -0.2) is 10.8 Å². The zero-order valence-electron chi connectivity index (χ0n) is 23.4. The Morgan fingerprint density at radius 3 is 2.44 bits per heavy atom. The molecule has 0 fully saturated rings. The van der Waals surface area contributed by atoms with Crippen LogP contribution in [0.4, 0.5) is 37.7 Å². The summed E-state index contributed by atoms with van der Waals surface area (Å²) in [7, 11) is 1.28. The number of hydrogen-bond acceptors (Lipinski definition) is 8. The molecule has 1 unspecified atom stereocenters. The Hall–Kier alpha value is -4.83. The van der Waals surface area contributed by atoms with Crippen LogP contribution in [0, 0.1) is 0 Å². The van der Waals surface area contributed by atoms with E-state index < -0.39 is 41.3 Å². The largest absolute Gasteiger partial charge is 0.495 e. The topological polar surface area (TPSA) is 141 Å². The molecule has 10 nitrogen and oxygen atoms in total. The van der Waals surface area contributed by atoms with Gasteiger partial charge in [0.05, 0.1) is 36.2 Å². The predicted molar refractivity (Wildman–Crippen MR) is 155 cm³/mol. The van der Waals surface area contributed by atoms with Crippen LogP contribution in [0.3, 0.4) is 0 Å². The Morgan fingerprint density at radius 1 is 1.11 bits per heavy atom. The maximum atomic E-state index is 13.4. The van der Waals surface area contributed by atoms with Crippen molar-refractivity contribution in [3.63, 3.8) is 0 Å². The highest BCUT2D eigenvalue weighted by atomic mass is 35.5. The van der Waals surface area contributed by atoms with E-state index in [1.807, 2.05) is 0 Å². The molecule has 4 aromatic rings. The highest BCUT2D eigenvalue weighted by Crippen LogP contribution is 2.38. The number of nitrogens with one attached hydrogen (secondary N) is 1. The lowest BCUT2D eigenvalue weighted by Crippen LogP contribution is -2.33. The third kappa shape index (κ3) is 7.29. The monoisotopic (exact) mass is 655 g/mol. The van der Waals surface area contributed by atoms with Crippen molar-refractivity contribution in [3.05, 3.63) is 87.8 Å². The van der Waals surface area contributed by atoms with Crippen molar-refractivity contribution in [2.75, 3.05) is 17.4 Å². The van der Waals surface area contributed by atoms with Gasteiger partial charge in [0.1, 0.15) is 17.5 Å². The summed E-state index contributed by atoms with van der Waals surface area (Å²) in [6.07, 6.45) is -7.12. The number of alkyl halides is 6. The summed E-state index contributed by atoms with van der Waals surface area (Å²) in [6.45, 7) is 1.64. The van der Waals surface area contributed by atoms with Crippen molar-refractivity contribution in [2.24, 2.45) is 11.6 Å². The van der Waals surface area contributed by atoms with Gasteiger partial charge in [0.25, 0.3) is 5.56 Å². The normalized spacial score (nSPS) is 13.1. The molecule has 0 aliphatic rings. The number of allylic oxidation sites excluding steroid dienone is 1. The van der Waals surface area contributed by atoms with E-state index in [0.717, 1.165) is 10.6 Å². The standard InChI is InChI=1S/C28H24ClF6N7O3/c1-3-20(26(44)39-15-5-6-18-19(9-15)38-11-24(40-18)28(33,34)35)41-12-22(45-2)17(10-25(41)43)16-8-14(29)4-7-21(16)42(37)13-23(36)27(30,31)32/h4-13,20H,3,36-37H2,1-2H3,(H,39,44)/b23-13-. The van der Waals surface area contributed by atoms with Crippen LogP contribution in [0.15, 0.2) is 71.5 Å². The average molecular weight is 656 g/mol. The number of methoxy groups -OCH3 is 1. The van der Waals surface area contributed by atoms with E-state index in [0.29, 0.717) is 17.4 Å². The SMILES string of the molecule is CCC(C(=O)Nc1ccc2nc(C(F)(F)F)cnc2c1)n1cc(OC)c(-c2cc(Cl)ccc2N(N)/C=C(\N)C(F)(F)F)cc1=O. The van der Waals surface area contributed by atoms with Gasteiger partial charge in [0.15, 0.2) is 5.69 Å². The number of ether oxygens (including phenoxy) is 1. The third-order valence-electron chi connectivity index (χ3n) is 6.52. The molecule has 0 radical (unpaired) electrons. The van der Waals surface area contributed by atoms with Crippen molar-refractivity contribution >= 4 is 39.9 Å². The third-order valence-corrected chi connectivity index (χ3v) is 6.76. The fraction of sp³-hybridized carbons (Fsp3) is 0.214. The molecule has 17 heteroatoms. The number of nitrogens with zero attached hydrogens (tertiary/aromatic N) is 4. The summed E-state index contributed by atoms with van der Waals surface area (Å²) in [5.74, 6) is 5.29. The quantitative estimate of drug-likeness (QED) is 0.123. The zero-order chi connectivity index (χ0) is 33.3. The van der Waals surface area contributed by atoms with Gasteiger partial charge in [-0.3, -0.25) is 24.1 Å². The first-order valence-electron chi connectivity index (χ1n) is 12.9. The van der Waals surface area contributed by atoms with Crippen molar-refractivity contribution in [2.45, 2.75) is 31.7 Å². The minimum Gasteiger partial charge on any atom is -0.495 e. The molecular formula is C28H24ClF6N7O3. The van der Waals surface area contributed by atoms with Crippen LogP contribution in [0.2, 0.25) is 5.02 Å². The Bertz CT molecular complexity index is 1840. The second-order valence-electron chi connectivity index (χ2n) is 9.52. The summed E-state index contributed by atoms with van der Waals surface area (Å²) >= 11 is 6.16. The number of benzene rings is 2. The average Bonchev–Trinajstić information content (AvgIpc) is 2.96. The molecule has 0 saturated heterocycles. The maximum Gasteiger partial charge on any atom is 0.434 e. The minimum absolute atomic E-state index is 0.00593. The molecule has 4 rings (SSSR count). The van der Waals surface area contributed by atoms with E-state index in [1.165, 1.54) is 49.7 Å². The van der Waals surface area contributed by atoms with Gasteiger partial charge in [0, 0.05) is 34.1 Å². The Balaban J connectivity index is 1.69. The smallest absolute Gasteiger partial charge is 0.434 e. The number of hydrazine groups is 1. The Morgan fingerprint density at radius 2 is 1.82 bits per heavy atom. The highest BCUT2D eigenvalue weighted by Gasteiger charge is 2.34. The number of fused-ring (bicyclic) bond motifs is 1. The van der Waals surface area contributed by atoms with E-state index in [9.17, 15) is 35.9 Å². The first kappa shape index (κ1) is 33.1. The molecule has 0 aliphatic heterocycles. The van der Waals surface area contributed by atoms with Gasteiger partial charge in [-0.15, -0.1) is 0 Å². The van der Waals surface area contributed by atoms with Crippen molar-refractivity contribution in [3.8, 4) is 16.9 Å². The van der Waals surface area contributed by atoms with Gasteiger partial charge < -0.3 is 15.8 Å². The maximum absolute atomic E-state index is 13.4. The van der Waals surface area contributed by atoms with E-state index in [2.05, 4.69) is 15.3 Å². The Kier molecular flexibility index (Phi) is 9.30. The summed E-state index contributed by atoms with van der Waals surface area (Å²) in [5.41, 5.74) is 2.25. The molecule has 2 aromatic carbocycles. The molecule has 5 N–H and O–H groups in total. The minimum atomic E-state index is -4.85. The van der Waals surface area contributed by atoms with Crippen molar-refractivity contribution in [1.82, 2.24) is 14.5 Å². The Labute approximate surface area is 255 Å². The molecule has 0 spiro atoms. The van der Waals surface area contributed by atoms with Crippen LogP contribution in [0.5, 0.6) is 5.75 Å². The number of carbonyl (C=O) groups is 1. The summed E-state index contributed by atoms with van der Waals surface area (Å²) in [4.78, 5) is 34.0. The number of nitrogens with two attached hydrogens (primary N) is 2. The zero-order valence-corrected chi connectivity index (χ0v) is 24.1. The van der Waals surface area contributed by atoms with Gasteiger partial charge in [0.2, 0.25) is 5.91 Å². The van der Waals surface area contributed by atoms with Gasteiger partial charge >= 0.3 is 12.4 Å². The number of hydrogen-bond donors (Lipinski definition) is 3. The lowest BCUT2D eigenvalue weighted by molar-refractivity contribution is -0.141. The number of carbonyl (C=O) groups excluding carboxylic acids is 1. The van der Waals surface area contributed by atoms with Crippen molar-refractivity contribution < 1.29 is 35.9 Å². The molecule has 0 bridgehead atoms. The molecule has 45 heavy (non-hydrogen) atoms. The lowest BCUT2D eigenvalue weighted by Gasteiger charge is -2.23. The number of rotatable bonds is 8. The summed E-state index contributed by atoms with van der Waals surface area (Å²) < 4.78 is 84.6. The number of halogens is 7. The van der Waals surface area contributed by atoms with Crippen LogP contribution in [0.1, 0.15) is 25.1 Å². The number of pyridine rings is 1. The number of aromatic nitrogens is 3. The lowest BCUT2D eigenvalue weighted by atomic mass is 10.0. The second-order valence-corrected chi connectivity index (χ2v) is 9.96. The van der Waals surface area contributed by atoms with Crippen LogP contribution < -0.4 is 32.2 Å². The molecule has 1 atom stereocenters. The van der Waals surface area contributed by atoms with E-state index in [-0.39, 0.29) is 50.7 Å². The molecule has 2 aromatic heterocycles. The molecule has 238 valence electrons. The fourth-order valence-corrected chi connectivity index (χ4v) is 4.52. The summed E-state index contributed by atoms with van der Waals surface area (Å²) in [5, 5.41) is 3.41. The second kappa shape index (κ2) is 12.6. The predicted octanol–water partition coefficient (Wildman–Crippen LogP) is 5.77.